The number of carboxylic acid groups (broad SMARTS) is 1. The average molecular weight is 210 g/mol. The summed E-state index contributed by atoms with van der Waals surface area (Å²) in [4.78, 5) is 28.7. The molecule has 0 aliphatic carbocycles. The fourth-order valence-electron chi connectivity index (χ4n) is 1.40. The van der Waals surface area contributed by atoms with Gasteiger partial charge in [0, 0.05) is 0 Å². The van der Waals surface area contributed by atoms with E-state index in [2.05, 4.69) is 9.97 Å². The molecule has 2 rings (SSSR count). The van der Waals surface area contributed by atoms with E-state index in [9.17, 15) is 9.59 Å². The van der Waals surface area contributed by atoms with Crippen LogP contribution in [0.1, 0.15) is 29.9 Å². The molecule has 0 fully saturated rings. The molecule has 2 heterocycles. The first-order valence-electron chi connectivity index (χ1n) is 4.52. The van der Waals surface area contributed by atoms with Crippen molar-refractivity contribution in [3.63, 3.8) is 0 Å². The summed E-state index contributed by atoms with van der Waals surface area (Å²) in [7, 11) is 0. The van der Waals surface area contributed by atoms with Gasteiger partial charge in [0.1, 0.15) is 11.7 Å². The molecule has 0 aromatic carbocycles. The molecule has 80 valence electrons. The van der Waals surface area contributed by atoms with Gasteiger partial charge in [0.2, 0.25) is 0 Å². The van der Waals surface area contributed by atoms with Gasteiger partial charge in [-0.05, 0) is 6.92 Å². The van der Waals surface area contributed by atoms with Crippen molar-refractivity contribution in [1.82, 2.24) is 9.97 Å². The lowest BCUT2D eigenvalue weighted by Gasteiger charge is -2.06. The van der Waals surface area contributed by atoms with Gasteiger partial charge in [-0.3, -0.25) is 9.59 Å². The molecule has 6 nitrogen and oxygen atoms in total. The topological polar surface area (TPSA) is 92.3 Å². The van der Waals surface area contributed by atoms with E-state index in [0.717, 1.165) is 0 Å². The summed E-state index contributed by atoms with van der Waals surface area (Å²) >= 11 is 0. The molecular weight excluding hydrogens is 200 g/mol. The third-order valence-electron chi connectivity index (χ3n) is 2.39. The average Bonchev–Trinajstić information content (AvgIpc) is 2.64. The van der Waals surface area contributed by atoms with E-state index in [1.807, 2.05) is 0 Å². The van der Waals surface area contributed by atoms with Gasteiger partial charge in [-0.25, -0.2) is 4.98 Å². The molecule has 6 heteroatoms. The Morgan fingerprint density at radius 3 is 3.00 bits per heavy atom. The third kappa shape index (κ3) is 1.63. The number of nitrogens with zero attached hydrogens (tertiary/aromatic N) is 1. The standard InChI is InChI=1S/C9H10N2O4/c1-4(9(13)14)7-10-6-3-15-2-5(6)8(12)11-7/h4H,2-3H2,1H3,(H,13,14)(H,10,11,12). The van der Waals surface area contributed by atoms with Gasteiger partial charge in [-0.2, -0.15) is 0 Å². The van der Waals surface area contributed by atoms with E-state index in [4.69, 9.17) is 9.84 Å². The number of carbonyl (C=O) groups is 1. The molecule has 1 aromatic rings. The fraction of sp³-hybridized carbons (Fsp3) is 0.444. The Morgan fingerprint density at radius 1 is 1.60 bits per heavy atom. The smallest absolute Gasteiger partial charge is 0.313 e. The van der Waals surface area contributed by atoms with E-state index in [1.54, 1.807) is 0 Å². The van der Waals surface area contributed by atoms with Crippen LogP contribution in [0.2, 0.25) is 0 Å². The van der Waals surface area contributed by atoms with Crippen molar-refractivity contribution in [2.45, 2.75) is 26.1 Å². The molecule has 15 heavy (non-hydrogen) atoms. The summed E-state index contributed by atoms with van der Waals surface area (Å²) < 4.78 is 5.06. The number of aromatic amines is 1. The van der Waals surface area contributed by atoms with Crippen molar-refractivity contribution < 1.29 is 14.6 Å². The molecule has 0 saturated heterocycles. The molecule has 0 spiro atoms. The first-order valence-corrected chi connectivity index (χ1v) is 4.52. The SMILES string of the molecule is CC(C(=O)O)c1nc2c(c(=O)[nH]1)COC2. The van der Waals surface area contributed by atoms with Gasteiger partial charge in [0.05, 0.1) is 24.5 Å². The number of hydrogen-bond acceptors (Lipinski definition) is 4. The quantitative estimate of drug-likeness (QED) is 0.716. The van der Waals surface area contributed by atoms with Gasteiger partial charge >= 0.3 is 5.97 Å². The Balaban J connectivity index is 2.48. The summed E-state index contributed by atoms with van der Waals surface area (Å²) in [6.45, 7) is 2.00. The van der Waals surface area contributed by atoms with Crippen LogP contribution in [0.15, 0.2) is 4.79 Å². The predicted molar refractivity (Wildman–Crippen MR) is 49.4 cm³/mol. The number of hydrogen-bond donors (Lipinski definition) is 2. The summed E-state index contributed by atoms with van der Waals surface area (Å²) in [5, 5.41) is 8.78. The number of H-pyrrole nitrogens is 1. The minimum absolute atomic E-state index is 0.178. The van der Waals surface area contributed by atoms with Crippen molar-refractivity contribution in [2.75, 3.05) is 0 Å². The summed E-state index contributed by atoms with van der Waals surface area (Å²) in [6.07, 6.45) is 0. The first kappa shape index (κ1) is 9.85. The van der Waals surface area contributed by atoms with E-state index >= 15 is 0 Å². The second-order valence-corrected chi connectivity index (χ2v) is 3.43. The maximum Gasteiger partial charge on any atom is 0.313 e. The number of aliphatic carboxylic acids is 1. The van der Waals surface area contributed by atoms with Crippen molar-refractivity contribution in [3.05, 3.63) is 27.4 Å². The van der Waals surface area contributed by atoms with Crippen molar-refractivity contribution in [3.8, 4) is 0 Å². The van der Waals surface area contributed by atoms with Gasteiger partial charge in [-0.15, -0.1) is 0 Å². The number of aromatic nitrogens is 2. The lowest BCUT2D eigenvalue weighted by atomic mass is 10.1. The highest BCUT2D eigenvalue weighted by Gasteiger charge is 2.22. The van der Waals surface area contributed by atoms with Crippen LogP contribution in [0.25, 0.3) is 0 Å². The van der Waals surface area contributed by atoms with Crippen LogP contribution in [-0.2, 0) is 22.7 Å². The maximum atomic E-state index is 11.5. The van der Waals surface area contributed by atoms with Gasteiger partial charge in [0.15, 0.2) is 0 Å². The second kappa shape index (κ2) is 3.47. The molecule has 1 atom stereocenters. The zero-order chi connectivity index (χ0) is 11.0. The normalized spacial score (nSPS) is 16.1. The number of nitrogens with one attached hydrogen (secondary N) is 1. The summed E-state index contributed by atoms with van der Waals surface area (Å²) in [5.41, 5.74) is 0.735. The highest BCUT2D eigenvalue weighted by molar-refractivity contribution is 5.74. The summed E-state index contributed by atoms with van der Waals surface area (Å²) in [6, 6.07) is 0. The number of fused-ring (bicyclic) bond motifs is 1. The monoisotopic (exact) mass is 210 g/mol. The van der Waals surface area contributed by atoms with Crippen molar-refractivity contribution >= 4 is 5.97 Å². The highest BCUT2D eigenvalue weighted by Crippen LogP contribution is 2.16. The van der Waals surface area contributed by atoms with Crippen LogP contribution in [0.4, 0.5) is 0 Å². The molecule has 1 aliphatic heterocycles. The van der Waals surface area contributed by atoms with Crippen LogP contribution in [0.5, 0.6) is 0 Å². The molecule has 0 radical (unpaired) electrons. The molecule has 0 saturated carbocycles. The van der Waals surface area contributed by atoms with Crippen molar-refractivity contribution in [2.24, 2.45) is 0 Å². The Kier molecular flexibility index (Phi) is 2.28. The molecular formula is C9H10N2O4. The lowest BCUT2D eigenvalue weighted by Crippen LogP contribution is -2.21. The fourth-order valence-corrected chi connectivity index (χ4v) is 1.40. The molecule has 0 bridgehead atoms. The van der Waals surface area contributed by atoms with Gasteiger partial charge in [0.25, 0.3) is 5.56 Å². The van der Waals surface area contributed by atoms with Crippen LogP contribution < -0.4 is 5.56 Å². The minimum atomic E-state index is -1.02. The van der Waals surface area contributed by atoms with E-state index in [1.165, 1.54) is 6.92 Å². The highest BCUT2D eigenvalue weighted by atomic mass is 16.5. The Bertz CT molecular complexity index is 466. The Morgan fingerprint density at radius 2 is 2.33 bits per heavy atom. The van der Waals surface area contributed by atoms with E-state index < -0.39 is 11.9 Å². The third-order valence-corrected chi connectivity index (χ3v) is 2.39. The van der Waals surface area contributed by atoms with Crippen LogP contribution in [-0.4, -0.2) is 21.0 Å². The van der Waals surface area contributed by atoms with Gasteiger partial charge in [-0.1, -0.05) is 0 Å². The van der Waals surface area contributed by atoms with Crippen LogP contribution >= 0.6 is 0 Å². The maximum absolute atomic E-state index is 11.5. The molecule has 0 amide bonds. The lowest BCUT2D eigenvalue weighted by molar-refractivity contribution is -0.138. The zero-order valence-electron chi connectivity index (χ0n) is 8.11. The van der Waals surface area contributed by atoms with Gasteiger partial charge < -0.3 is 14.8 Å². The predicted octanol–water partition coefficient (Wildman–Crippen LogP) is -0.0118. The molecule has 2 N–H and O–H groups in total. The molecule has 1 aliphatic rings. The van der Waals surface area contributed by atoms with E-state index in [-0.39, 0.29) is 24.6 Å². The number of ether oxygens (including phenoxy) is 1. The minimum Gasteiger partial charge on any atom is -0.481 e. The molecule has 1 aromatic heterocycles. The van der Waals surface area contributed by atoms with Crippen LogP contribution in [0.3, 0.4) is 0 Å². The zero-order valence-corrected chi connectivity index (χ0v) is 8.11. The second-order valence-electron chi connectivity index (χ2n) is 3.43. The number of carboxylic acids is 1. The van der Waals surface area contributed by atoms with Crippen LogP contribution in [0, 0.1) is 0 Å². The summed E-state index contributed by atoms with van der Waals surface area (Å²) in [5.74, 6) is -1.66. The molecule has 1 unspecified atom stereocenters. The number of rotatable bonds is 2. The Labute approximate surface area is 84.9 Å². The first-order chi connectivity index (χ1) is 7.09. The van der Waals surface area contributed by atoms with Crippen molar-refractivity contribution in [1.29, 1.82) is 0 Å². The Hall–Kier alpha value is -1.69. The van der Waals surface area contributed by atoms with E-state index in [0.29, 0.717) is 11.3 Å². The largest absolute Gasteiger partial charge is 0.481 e.